The van der Waals surface area contributed by atoms with Crippen LogP contribution >= 0.6 is 0 Å². The van der Waals surface area contributed by atoms with Gasteiger partial charge in [-0.2, -0.15) is 0 Å². The van der Waals surface area contributed by atoms with E-state index in [1.807, 2.05) is 6.92 Å². The average Bonchev–Trinajstić information content (AvgIpc) is 2.81. The third-order valence-corrected chi connectivity index (χ3v) is 3.44. The predicted octanol–water partition coefficient (Wildman–Crippen LogP) is 1.33. The Morgan fingerprint density at radius 2 is 2.24 bits per heavy atom. The van der Waals surface area contributed by atoms with Gasteiger partial charge in [-0.25, -0.2) is 4.39 Å². The lowest BCUT2D eigenvalue weighted by atomic mass is 10.1. The first-order chi connectivity index (χ1) is 10.0. The van der Waals surface area contributed by atoms with Crippen molar-refractivity contribution in [2.45, 2.75) is 19.4 Å². The zero-order valence-corrected chi connectivity index (χ0v) is 12.1. The lowest BCUT2D eigenvalue weighted by molar-refractivity contribution is -0.127. The first kappa shape index (κ1) is 15.4. The van der Waals surface area contributed by atoms with Gasteiger partial charge in [-0.05, 0) is 19.1 Å². The van der Waals surface area contributed by atoms with Gasteiger partial charge in [0.2, 0.25) is 11.8 Å². The van der Waals surface area contributed by atoms with Crippen LogP contribution in [0.1, 0.15) is 13.3 Å². The quantitative estimate of drug-likeness (QED) is 0.891. The molecule has 5 nitrogen and oxygen atoms in total. The van der Waals surface area contributed by atoms with Crippen LogP contribution in [0.2, 0.25) is 0 Å². The number of carbonyl (C=O) groups excluding carboxylic acids is 2. The summed E-state index contributed by atoms with van der Waals surface area (Å²) in [5.74, 6) is -1.36. The molecule has 2 rings (SSSR count). The topological polar surface area (TPSA) is 58.6 Å². The van der Waals surface area contributed by atoms with Gasteiger partial charge in [-0.3, -0.25) is 9.59 Å². The molecule has 114 valence electrons. The largest absolute Gasteiger partial charge is 0.383 e. The molecular formula is C15H19FN2O3. The van der Waals surface area contributed by atoms with Crippen LogP contribution in [-0.4, -0.2) is 38.1 Å². The normalized spacial score (nSPS) is 19.7. The molecule has 2 amide bonds. The molecule has 0 bridgehead atoms. The van der Waals surface area contributed by atoms with Gasteiger partial charge < -0.3 is 15.0 Å². The lowest BCUT2D eigenvalue weighted by Gasteiger charge is -2.18. The fourth-order valence-corrected chi connectivity index (χ4v) is 2.44. The number of anilines is 1. The summed E-state index contributed by atoms with van der Waals surface area (Å²) in [4.78, 5) is 25.4. The van der Waals surface area contributed by atoms with Crippen LogP contribution in [0, 0.1) is 11.7 Å². The number of methoxy groups -OCH3 is 1. The minimum absolute atomic E-state index is 0.0971. The SMILES string of the molecule is COC[C@H](C)NC(=O)[C@@H]1CC(=O)N(c2ccccc2F)C1. The van der Waals surface area contributed by atoms with Crippen LogP contribution in [0.5, 0.6) is 0 Å². The van der Waals surface area contributed by atoms with E-state index in [0.29, 0.717) is 6.61 Å². The third-order valence-electron chi connectivity index (χ3n) is 3.44. The molecule has 1 aliphatic heterocycles. The molecule has 1 aromatic carbocycles. The molecule has 0 spiro atoms. The van der Waals surface area contributed by atoms with Crippen LogP contribution in [0.25, 0.3) is 0 Å². The van der Waals surface area contributed by atoms with Crippen LogP contribution in [0.4, 0.5) is 10.1 Å². The van der Waals surface area contributed by atoms with E-state index in [9.17, 15) is 14.0 Å². The maximum atomic E-state index is 13.7. The van der Waals surface area contributed by atoms with Crippen molar-refractivity contribution in [3.05, 3.63) is 30.1 Å². The Balaban J connectivity index is 2.03. The Morgan fingerprint density at radius 3 is 2.90 bits per heavy atom. The van der Waals surface area contributed by atoms with Gasteiger partial charge in [0.05, 0.1) is 18.2 Å². The second-order valence-corrected chi connectivity index (χ2v) is 5.22. The first-order valence-electron chi connectivity index (χ1n) is 6.87. The number of amides is 2. The number of nitrogens with zero attached hydrogens (tertiary/aromatic N) is 1. The molecule has 1 heterocycles. The van der Waals surface area contributed by atoms with E-state index in [-0.39, 0.29) is 36.5 Å². The molecule has 21 heavy (non-hydrogen) atoms. The van der Waals surface area contributed by atoms with E-state index in [4.69, 9.17) is 4.74 Å². The number of ether oxygens (including phenoxy) is 1. The summed E-state index contributed by atoms with van der Waals surface area (Å²) in [5.41, 5.74) is 0.225. The summed E-state index contributed by atoms with van der Waals surface area (Å²) < 4.78 is 18.7. The molecule has 6 heteroatoms. The van der Waals surface area contributed by atoms with Crippen molar-refractivity contribution in [3.8, 4) is 0 Å². The second kappa shape index (κ2) is 6.67. The molecule has 0 radical (unpaired) electrons. The van der Waals surface area contributed by atoms with Crippen LogP contribution < -0.4 is 10.2 Å². The van der Waals surface area contributed by atoms with E-state index >= 15 is 0 Å². The summed E-state index contributed by atoms with van der Waals surface area (Å²) in [6, 6.07) is 5.95. The minimum Gasteiger partial charge on any atom is -0.383 e. The molecule has 0 unspecified atom stereocenters. The number of para-hydroxylation sites is 1. The molecule has 1 N–H and O–H groups in total. The Labute approximate surface area is 123 Å². The van der Waals surface area contributed by atoms with E-state index in [0.717, 1.165) is 0 Å². The fraction of sp³-hybridized carbons (Fsp3) is 0.467. The zero-order valence-electron chi connectivity index (χ0n) is 12.1. The highest BCUT2D eigenvalue weighted by Gasteiger charge is 2.36. The van der Waals surface area contributed by atoms with E-state index in [2.05, 4.69) is 5.32 Å². The average molecular weight is 294 g/mol. The first-order valence-corrected chi connectivity index (χ1v) is 6.87. The van der Waals surface area contributed by atoms with Gasteiger partial charge in [0.25, 0.3) is 0 Å². The van der Waals surface area contributed by atoms with E-state index < -0.39 is 11.7 Å². The molecule has 0 saturated carbocycles. The predicted molar refractivity (Wildman–Crippen MR) is 76.3 cm³/mol. The van der Waals surface area contributed by atoms with Crippen LogP contribution in [-0.2, 0) is 14.3 Å². The lowest BCUT2D eigenvalue weighted by Crippen LogP contribution is -2.40. The number of hydrogen-bond donors (Lipinski definition) is 1. The highest BCUT2D eigenvalue weighted by molar-refractivity contribution is 6.00. The molecular weight excluding hydrogens is 275 g/mol. The van der Waals surface area contributed by atoms with Gasteiger partial charge in [-0.15, -0.1) is 0 Å². The number of halogens is 1. The Hall–Kier alpha value is -1.95. The third kappa shape index (κ3) is 3.58. The van der Waals surface area contributed by atoms with E-state index in [1.54, 1.807) is 25.3 Å². The number of benzene rings is 1. The van der Waals surface area contributed by atoms with Crippen molar-refractivity contribution in [1.82, 2.24) is 5.32 Å². The Bertz CT molecular complexity index is 535. The summed E-state index contributed by atoms with van der Waals surface area (Å²) >= 11 is 0. The van der Waals surface area contributed by atoms with Crippen molar-refractivity contribution in [1.29, 1.82) is 0 Å². The number of nitrogens with one attached hydrogen (secondary N) is 1. The molecule has 1 aliphatic rings. The highest BCUT2D eigenvalue weighted by Crippen LogP contribution is 2.27. The van der Waals surface area contributed by atoms with Crippen molar-refractivity contribution in [2.24, 2.45) is 5.92 Å². The van der Waals surface area contributed by atoms with Gasteiger partial charge >= 0.3 is 0 Å². The summed E-state index contributed by atoms with van der Waals surface area (Å²) in [7, 11) is 1.56. The van der Waals surface area contributed by atoms with Crippen molar-refractivity contribution in [2.75, 3.05) is 25.2 Å². The van der Waals surface area contributed by atoms with Crippen molar-refractivity contribution < 1.29 is 18.7 Å². The van der Waals surface area contributed by atoms with Gasteiger partial charge in [-0.1, -0.05) is 12.1 Å². The van der Waals surface area contributed by atoms with Crippen molar-refractivity contribution in [3.63, 3.8) is 0 Å². The number of rotatable bonds is 5. The van der Waals surface area contributed by atoms with E-state index in [1.165, 1.54) is 11.0 Å². The molecule has 2 atom stereocenters. The highest BCUT2D eigenvalue weighted by atomic mass is 19.1. The molecule has 0 aromatic heterocycles. The second-order valence-electron chi connectivity index (χ2n) is 5.22. The summed E-state index contributed by atoms with van der Waals surface area (Å²) in [5, 5.41) is 2.79. The molecule has 1 fully saturated rings. The molecule has 1 aromatic rings. The Morgan fingerprint density at radius 1 is 1.52 bits per heavy atom. The maximum Gasteiger partial charge on any atom is 0.227 e. The minimum atomic E-state index is -0.462. The zero-order chi connectivity index (χ0) is 15.4. The monoisotopic (exact) mass is 294 g/mol. The van der Waals surface area contributed by atoms with Gasteiger partial charge in [0.1, 0.15) is 5.82 Å². The van der Waals surface area contributed by atoms with Crippen LogP contribution in [0.3, 0.4) is 0 Å². The summed E-state index contributed by atoms with van der Waals surface area (Å²) in [6.45, 7) is 2.43. The Kier molecular flexibility index (Phi) is 4.90. The van der Waals surface area contributed by atoms with Gasteiger partial charge in [0.15, 0.2) is 0 Å². The number of carbonyl (C=O) groups is 2. The smallest absolute Gasteiger partial charge is 0.227 e. The molecule has 0 aliphatic carbocycles. The summed E-state index contributed by atoms with van der Waals surface area (Å²) in [6.07, 6.45) is 0.0971. The van der Waals surface area contributed by atoms with Crippen LogP contribution in [0.15, 0.2) is 24.3 Å². The fourth-order valence-electron chi connectivity index (χ4n) is 2.44. The standard InChI is InChI=1S/C15H19FN2O3/c1-10(9-21-2)17-15(20)11-7-14(19)18(8-11)13-6-4-3-5-12(13)16/h3-6,10-11H,7-9H2,1-2H3,(H,17,20)/t10-,11+/m0/s1. The number of hydrogen-bond acceptors (Lipinski definition) is 3. The van der Waals surface area contributed by atoms with Gasteiger partial charge in [0, 0.05) is 26.1 Å². The maximum absolute atomic E-state index is 13.7. The van der Waals surface area contributed by atoms with Crippen molar-refractivity contribution >= 4 is 17.5 Å². The molecule has 1 saturated heterocycles.